The van der Waals surface area contributed by atoms with E-state index < -0.39 is 0 Å². The Morgan fingerprint density at radius 2 is 2.00 bits per heavy atom. The van der Waals surface area contributed by atoms with Crippen LogP contribution in [0.25, 0.3) is 5.69 Å². The SMILES string of the molecule is CCCn1c(C)c(N)c(=O)n1-c1ccc(F)cc1C. The van der Waals surface area contributed by atoms with Gasteiger partial charge in [-0.2, -0.15) is 0 Å². The van der Waals surface area contributed by atoms with Crippen LogP contribution in [0.1, 0.15) is 24.6 Å². The fourth-order valence-corrected chi connectivity index (χ4v) is 2.24. The molecule has 19 heavy (non-hydrogen) atoms. The van der Waals surface area contributed by atoms with Gasteiger partial charge in [0, 0.05) is 6.54 Å². The van der Waals surface area contributed by atoms with E-state index >= 15 is 0 Å². The molecule has 2 aromatic rings. The second kappa shape index (κ2) is 4.91. The van der Waals surface area contributed by atoms with Crippen LogP contribution >= 0.6 is 0 Å². The van der Waals surface area contributed by atoms with Gasteiger partial charge in [0.1, 0.15) is 11.5 Å². The summed E-state index contributed by atoms with van der Waals surface area (Å²) in [6, 6.07) is 4.37. The zero-order valence-corrected chi connectivity index (χ0v) is 11.4. The second-order valence-corrected chi connectivity index (χ2v) is 4.67. The molecule has 4 nitrogen and oxygen atoms in total. The van der Waals surface area contributed by atoms with Gasteiger partial charge in [0.15, 0.2) is 0 Å². The Hall–Kier alpha value is -2.04. The minimum atomic E-state index is -0.312. The molecule has 0 atom stereocenters. The van der Waals surface area contributed by atoms with Gasteiger partial charge in [-0.15, -0.1) is 0 Å². The summed E-state index contributed by atoms with van der Waals surface area (Å²) in [7, 11) is 0. The van der Waals surface area contributed by atoms with Crippen molar-refractivity contribution < 1.29 is 4.39 Å². The Bertz CT molecular complexity index is 670. The molecule has 1 aromatic carbocycles. The third-order valence-corrected chi connectivity index (χ3v) is 3.26. The summed E-state index contributed by atoms with van der Waals surface area (Å²) >= 11 is 0. The summed E-state index contributed by atoms with van der Waals surface area (Å²) in [6.07, 6.45) is 0.884. The number of aryl methyl sites for hydroxylation is 1. The average molecular weight is 263 g/mol. The Labute approximate surface area is 111 Å². The van der Waals surface area contributed by atoms with Crippen LogP contribution in [-0.2, 0) is 6.54 Å². The minimum Gasteiger partial charge on any atom is -0.393 e. The van der Waals surface area contributed by atoms with Crippen molar-refractivity contribution in [3.63, 3.8) is 0 Å². The number of halogens is 1. The number of benzene rings is 1. The first kappa shape index (κ1) is 13.4. The van der Waals surface area contributed by atoms with E-state index in [1.54, 1.807) is 13.0 Å². The standard InChI is InChI=1S/C14H18FN3O/c1-4-7-17-10(3)13(16)14(19)18(17)12-6-5-11(15)8-9(12)2/h5-6,8H,4,7,16H2,1-3H3. The molecule has 0 aliphatic carbocycles. The van der Waals surface area contributed by atoms with Crippen molar-refractivity contribution in [1.29, 1.82) is 0 Å². The molecular weight excluding hydrogens is 245 g/mol. The zero-order valence-electron chi connectivity index (χ0n) is 11.4. The van der Waals surface area contributed by atoms with Gasteiger partial charge in [0.2, 0.25) is 0 Å². The number of anilines is 1. The lowest BCUT2D eigenvalue weighted by Crippen LogP contribution is -2.23. The topological polar surface area (TPSA) is 52.9 Å². The molecule has 0 aliphatic heterocycles. The van der Waals surface area contributed by atoms with E-state index in [1.807, 2.05) is 18.5 Å². The first-order valence-electron chi connectivity index (χ1n) is 6.31. The highest BCUT2D eigenvalue weighted by atomic mass is 19.1. The number of nitrogens with zero attached hydrogens (tertiary/aromatic N) is 2. The van der Waals surface area contributed by atoms with Crippen molar-refractivity contribution in [3.05, 3.63) is 45.6 Å². The van der Waals surface area contributed by atoms with Gasteiger partial charge in [0.25, 0.3) is 5.56 Å². The second-order valence-electron chi connectivity index (χ2n) is 4.67. The predicted octanol–water partition coefficient (Wildman–Crippen LogP) is 2.39. The van der Waals surface area contributed by atoms with Gasteiger partial charge in [-0.25, -0.2) is 9.07 Å². The van der Waals surface area contributed by atoms with Crippen LogP contribution in [0.2, 0.25) is 0 Å². The molecule has 1 aromatic heterocycles. The molecule has 0 radical (unpaired) electrons. The van der Waals surface area contributed by atoms with Crippen molar-refractivity contribution in [2.75, 3.05) is 5.73 Å². The number of rotatable bonds is 3. The Kier molecular flexibility index (Phi) is 3.46. The maximum absolute atomic E-state index is 13.2. The fourth-order valence-electron chi connectivity index (χ4n) is 2.24. The van der Waals surface area contributed by atoms with Crippen LogP contribution in [0.3, 0.4) is 0 Å². The van der Waals surface area contributed by atoms with Crippen LogP contribution in [0, 0.1) is 19.7 Å². The summed E-state index contributed by atoms with van der Waals surface area (Å²) < 4.78 is 16.6. The molecule has 0 saturated heterocycles. The van der Waals surface area contributed by atoms with Gasteiger partial charge < -0.3 is 5.73 Å². The molecule has 0 aliphatic rings. The van der Waals surface area contributed by atoms with Gasteiger partial charge in [0.05, 0.1) is 11.4 Å². The first-order chi connectivity index (χ1) is 8.97. The lowest BCUT2D eigenvalue weighted by Gasteiger charge is -2.14. The maximum atomic E-state index is 13.2. The molecule has 0 spiro atoms. The molecule has 2 rings (SSSR count). The quantitative estimate of drug-likeness (QED) is 0.924. The van der Waals surface area contributed by atoms with Crippen molar-refractivity contribution in [2.24, 2.45) is 0 Å². The van der Waals surface area contributed by atoms with Crippen LogP contribution in [0.15, 0.2) is 23.0 Å². The maximum Gasteiger partial charge on any atom is 0.294 e. The number of aromatic nitrogens is 2. The van der Waals surface area contributed by atoms with Crippen molar-refractivity contribution in [2.45, 2.75) is 33.7 Å². The highest BCUT2D eigenvalue weighted by Gasteiger charge is 2.16. The number of hydrogen-bond donors (Lipinski definition) is 1. The Balaban J connectivity index is 2.74. The molecule has 5 heteroatoms. The van der Waals surface area contributed by atoms with Crippen molar-refractivity contribution in [3.8, 4) is 5.69 Å². The van der Waals surface area contributed by atoms with Crippen molar-refractivity contribution in [1.82, 2.24) is 9.36 Å². The zero-order chi connectivity index (χ0) is 14.2. The first-order valence-corrected chi connectivity index (χ1v) is 6.31. The lowest BCUT2D eigenvalue weighted by molar-refractivity contribution is 0.521. The highest BCUT2D eigenvalue weighted by Crippen LogP contribution is 2.17. The summed E-state index contributed by atoms with van der Waals surface area (Å²) in [5.41, 5.74) is 7.94. The number of hydrogen-bond acceptors (Lipinski definition) is 2. The average Bonchev–Trinajstić information content (AvgIpc) is 2.56. The summed E-state index contributed by atoms with van der Waals surface area (Å²) in [4.78, 5) is 12.2. The summed E-state index contributed by atoms with van der Waals surface area (Å²) in [5, 5.41) is 0. The summed E-state index contributed by atoms with van der Waals surface area (Å²) in [5.74, 6) is -0.312. The Morgan fingerprint density at radius 3 is 2.58 bits per heavy atom. The van der Waals surface area contributed by atoms with Gasteiger partial charge in [-0.3, -0.25) is 9.48 Å². The molecule has 2 N–H and O–H groups in total. The Morgan fingerprint density at radius 1 is 1.32 bits per heavy atom. The van der Waals surface area contributed by atoms with Gasteiger partial charge >= 0.3 is 0 Å². The smallest absolute Gasteiger partial charge is 0.294 e. The van der Waals surface area contributed by atoms with E-state index in [0.29, 0.717) is 17.8 Å². The van der Waals surface area contributed by atoms with E-state index in [4.69, 9.17) is 5.73 Å². The van der Waals surface area contributed by atoms with Crippen LogP contribution in [0.5, 0.6) is 0 Å². The van der Waals surface area contributed by atoms with E-state index in [-0.39, 0.29) is 17.1 Å². The molecule has 102 valence electrons. The van der Waals surface area contributed by atoms with E-state index in [0.717, 1.165) is 12.1 Å². The normalized spacial score (nSPS) is 10.9. The predicted molar refractivity (Wildman–Crippen MR) is 74.2 cm³/mol. The highest BCUT2D eigenvalue weighted by molar-refractivity contribution is 5.47. The third kappa shape index (κ3) is 2.16. The largest absolute Gasteiger partial charge is 0.393 e. The monoisotopic (exact) mass is 263 g/mol. The van der Waals surface area contributed by atoms with E-state index in [9.17, 15) is 9.18 Å². The fraction of sp³-hybridized carbons (Fsp3) is 0.357. The third-order valence-electron chi connectivity index (χ3n) is 3.26. The van der Waals surface area contributed by atoms with E-state index in [1.165, 1.54) is 16.8 Å². The molecular formula is C14H18FN3O. The van der Waals surface area contributed by atoms with Gasteiger partial charge in [-0.05, 0) is 44.0 Å². The molecule has 0 fully saturated rings. The van der Waals surface area contributed by atoms with Crippen LogP contribution in [0.4, 0.5) is 10.1 Å². The van der Waals surface area contributed by atoms with Gasteiger partial charge in [-0.1, -0.05) is 6.92 Å². The lowest BCUT2D eigenvalue weighted by atomic mass is 10.2. The molecule has 0 amide bonds. The summed E-state index contributed by atoms with van der Waals surface area (Å²) in [6.45, 7) is 6.32. The molecule has 0 saturated carbocycles. The number of nitrogens with two attached hydrogens (primary N) is 1. The van der Waals surface area contributed by atoms with Crippen LogP contribution in [-0.4, -0.2) is 9.36 Å². The molecule has 0 unspecified atom stereocenters. The minimum absolute atomic E-state index is 0.247. The van der Waals surface area contributed by atoms with Crippen molar-refractivity contribution >= 4 is 5.69 Å². The number of nitrogen functional groups attached to an aromatic ring is 1. The van der Waals surface area contributed by atoms with Crippen LogP contribution < -0.4 is 11.3 Å². The molecule has 0 bridgehead atoms. The molecule has 1 heterocycles. The van der Waals surface area contributed by atoms with E-state index in [2.05, 4.69) is 0 Å².